The molecule has 1 aromatic carbocycles. The Bertz CT molecular complexity index is 1030. The zero-order valence-corrected chi connectivity index (χ0v) is 15.4. The molecule has 1 aliphatic heterocycles. The van der Waals surface area contributed by atoms with E-state index in [9.17, 15) is 15.2 Å². The molecule has 0 amide bonds. The summed E-state index contributed by atoms with van der Waals surface area (Å²) in [7, 11) is 1.48. The lowest BCUT2D eigenvalue weighted by molar-refractivity contribution is -0.118. The molecule has 1 aliphatic carbocycles. The number of allylic oxidation sites excluding steroid dienone is 2. The van der Waals surface area contributed by atoms with Crippen molar-refractivity contribution in [3.05, 3.63) is 46.8 Å². The van der Waals surface area contributed by atoms with Crippen molar-refractivity contribution in [1.29, 1.82) is 5.26 Å². The van der Waals surface area contributed by atoms with Gasteiger partial charge < -0.3 is 15.2 Å². The van der Waals surface area contributed by atoms with E-state index in [1.165, 1.54) is 13.3 Å². The number of rotatable bonds is 2. The average Bonchev–Trinajstić information content (AvgIpc) is 3.01. The van der Waals surface area contributed by atoms with E-state index in [0.717, 1.165) is 5.70 Å². The van der Waals surface area contributed by atoms with Crippen molar-refractivity contribution in [1.82, 2.24) is 9.78 Å². The summed E-state index contributed by atoms with van der Waals surface area (Å²) in [5.41, 5.74) is 2.43. The number of methoxy groups -OCH3 is 1. The van der Waals surface area contributed by atoms with Gasteiger partial charge in [-0.15, -0.1) is 0 Å². The number of carbonyl (C=O) groups excluding carboxylic acids is 1. The quantitative estimate of drug-likeness (QED) is 0.849. The van der Waals surface area contributed by atoms with Gasteiger partial charge in [-0.25, -0.2) is 4.68 Å². The first-order valence-corrected chi connectivity index (χ1v) is 8.72. The van der Waals surface area contributed by atoms with Crippen LogP contribution in [-0.2, 0) is 4.79 Å². The topological polar surface area (TPSA) is 100 Å². The molecule has 27 heavy (non-hydrogen) atoms. The number of hydrogen-bond acceptors (Lipinski definition) is 6. The summed E-state index contributed by atoms with van der Waals surface area (Å²) in [5, 5.41) is 27.3. The Labute approximate surface area is 156 Å². The summed E-state index contributed by atoms with van der Waals surface area (Å²) in [6.07, 6.45) is 2.63. The van der Waals surface area contributed by atoms with Crippen LogP contribution in [0.15, 0.2) is 35.7 Å². The number of carbonyl (C=O) groups is 1. The van der Waals surface area contributed by atoms with Gasteiger partial charge in [0.2, 0.25) is 0 Å². The molecule has 4 rings (SSSR count). The maximum Gasteiger partial charge on any atom is 0.163 e. The molecule has 2 N–H and O–H groups in total. The summed E-state index contributed by atoms with van der Waals surface area (Å²) < 4.78 is 6.77. The number of aromatic hydroxyl groups is 1. The lowest BCUT2D eigenvalue weighted by Crippen LogP contribution is -2.36. The lowest BCUT2D eigenvalue weighted by atomic mass is 9.73. The van der Waals surface area contributed by atoms with E-state index in [1.807, 2.05) is 6.07 Å². The predicted molar refractivity (Wildman–Crippen MR) is 98.4 cm³/mol. The lowest BCUT2D eigenvalue weighted by Gasteiger charge is -2.39. The molecule has 1 atom stereocenters. The standard InChI is InChI=1S/C20H20N4O3/c1-20(2)7-13-17(15(26)8-20)18(11-4-5-16(27-3)14(25)6-11)24-19(23-13)12(9-21)10-22-24/h4-6,10,18,23,25H,7-8H2,1-3H3/t18-/m0/s1. The Balaban J connectivity index is 1.93. The number of anilines is 1. The smallest absolute Gasteiger partial charge is 0.163 e. The number of nitrogens with zero attached hydrogens (tertiary/aromatic N) is 3. The molecule has 0 spiro atoms. The Morgan fingerprint density at radius 3 is 2.85 bits per heavy atom. The number of nitriles is 1. The Hall–Kier alpha value is -3.27. The minimum absolute atomic E-state index is 0.00603. The maximum atomic E-state index is 13.0. The van der Waals surface area contributed by atoms with Crippen LogP contribution in [0, 0.1) is 16.7 Å². The van der Waals surface area contributed by atoms with Crippen LogP contribution >= 0.6 is 0 Å². The molecule has 0 fully saturated rings. The Kier molecular flexibility index (Phi) is 3.74. The van der Waals surface area contributed by atoms with Gasteiger partial charge in [0.25, 0.3) is 0 Å². The molecule has 2 heterocycles. The number of Topliss-reactive ketones (excluding diaryl/α,β-unsaturated/α-hetero) is 1. The van der Waals surface area contributed by atoms with Crippen molar-refractivity contribution in [3.63, 3.8) is 0 Å². The highest BCUT2D eigenvalue weighted by molar-refractivity contribution is 6.00. The van der Waals surface area contributed by atoms with Crippen LogP contribution in [0.3, 0.4) is 0 Å². The Morgan fingerprint density at radius 1 is 1.41 bits per heavy atom. The van der Waals surface area contributed by atoms with Gasteiger partial charge in [-0.2, -0.15) is 10.4 Å². The summed E-state index contributed by atoms with van der Waals surface area (Å²) in [6, 6.07) is 6.70. The van der Waals surface area contributed by atoms with E-state index >= 15 is 0 Å². The van der Waals surface area contributed by atoms with Crippen molar-refractivity contribution < 1.29 is 14.6 Å². The fourth-order valence-electron chi connectivity index (χ4n) is 3.98. The minimum Gasteiger partial charge on any atom is -0.504 e. The van der Waals surface area contributed by atoms with E-state index < -0.39 is 6.04 Å². The largest absolute Gasteiger partial charge is 0.504 e. The molecule has 0 saturated heterocycles. The first-order valence-electron chi connectivity index (χ1n) is 8.72. The third-order valence-corrected chi connectivity index (χ3v) is 5.14. The predicted octanol–water partition coefficient (Wildman–Crippen LogP) is 3.13. The number of aromatic nitrogens is 2. The van der Waals surface area contributed by atoms with Crippen LogP contribution in [0.1, 0.15) is 43.9 Å². The van der Waals surface area contributed by atoms with Gasteiger partial charge in [-0.3, -0.25) is 4.79 Å². The second-order valence-electron chi connectivity index (χ2n) is 7.76. The number of hydrogen-bond donors (Lipinski definition) is 2. The third kappa shape index (κ3) is 2.65. The fourth-order valence-corrected chi connectivity index (χ4v) is 3.98. The monoisotopic (exact) mass is 364 g/mol. The molecule has 7 heteroatoms. The number of ether oxygens (including phenoxy) is 1. The van der Waals surface area contributed by atoms with Gasteiger partial charge in [-0.05, 0) is 29.5 Å². The van der Waals surface area contributed by atoms with E-state index in [4.69, 9.17) is 4.74 Å². The number of ketones is 1. The Morgan fingerprint density at radius 2 is 2.19 bits per heavy atom. The van der Waals surface area contributed by atoms with Gasteiger partial charge >= 0.3 is 0 Å². The van der Waals surface area contributed by atoms with Crippen LogP contribution in [0.5, 0.6) is 11.5 Å². The fraction of sp³-hybridized carbons (Fsp3) is 0.350. The minimum atomic E-state index is -0.501. The first kappa shape index (κ1) is 17.2. The van der Waals surface area contributed by atoms with E-state index in [0.29, 0.717) is 41.1 Å². The van der Waals surface area contributed by atoms with E-state index in [1.54, 1.807) is 16.8 Å². The van der Waals surface area contributed by atoms with Crippen molar-refractivity contribution in [3.8, 4) is 17.6 Å². The molecule has 0 bridgehead atoms. The number of phenols is 1. The third-order valence-electron chi connectivity index (χ3n) is 5.14. The molecule has 0 saturated carbocycles. The number of benzene rings is 1. The van der Waals surface area contributed by atoms with Gasteiger partial charge in [-0.1, -0.05) is 19.9 Å². The van der Waals surface area contributed by atoms with Crippen molar-refractivity contribution in [2.75, 3.05) is 12.4 Å². The molecular weight excluding hydrogens is 344 g/mol. The molecule has 2 aliphatic rings. The van der Waals surface area contributed by atoms with Crippen LogP contribution < -0.4 is 10.1 Å². The molecule has 0 radical (unpaired) electrons. The molecular formula is C20H20N4O3. The molecule has 2 aromatic rings. The average molecular weight is 364 g/mol. The molecule has 0 unspecified atom stereocenters. The van der Waals surface area contributed by atoms with Crippen molar-refractivity contribution in [2.45, 2.75) is 32.7 Å². The molecule has 138 valence electrons. The van der Waals surface area contributed by atoms with Crippen LogP contribution in [0.25, 0.3) is 0 Å². The highest BCUT2D eigenvalue weighted by Crippen LogP contribution is 2.47. The second kappa shape index (κ2) is 5.88. The highest BCUT2D eigenvalue weighted by Gasteiger charge is 2.41. The van der Waals surface area contributed by atoms with Gasteiger partial charge in [0.1, 0.15) is 23.5 Å². The molecule has 7 nitrogen and oxygen atoms in total. The summed E-state index contributed by atoms with van der Waals surface area (Å²) in [6.45, 7) is 4.11. The number of phenolic OH excluding ortho intramolecular Hbond substituents is 1. The number of fused-ring (bicyclic) bond motifs is 1. The van der Waals surface area contributed by atoms with Crippen molar-refractivity contribution >= 4 is 11.6 Å². The summed E-state index contributed by atoms with van der Waals surface area (Å²) >= 11 is 0. The van der Waals surface area contributed by atoms with Crippen LogP contribution in [-0.4, -0.2) is 27.8 Å². The van der Waals surface area contributed by atoms with Crippen LogP contribution in [0.4, 0.5) is 5.82 Å². The van der Waals surface area contributed by atoms with Gasteiger partial charge in [0.05, 0.1) is 13.3 Å². The van der Waals surface area contributed by atoms with Gasteiger partial charge in [0.15, 0.2) is 17.3 Å². The first-order chi connectivity index (χ1) is 12.8. The molecule has 1 aromatic heterocycles. The highest BCUT2D eigenvalue weighted by atomic mass is 16.5. The van der Waals surface area contributed by atoms with Crippen LogP contribution in [0.2, 0.25) is 0 Å². The van der Waals surface area contributed by atoms with Crippen molar-refractivity contribution in [2.24, 2.45) is 5.41 Å². The zero-order chi connectivity index (χ0) is 19.3. The van der Waals surface area contributed by atoms with E-state index in [-0.39, 0.29) is 16.9 Å². The summed E-state index contributed by atoms with van der Waals surface area (Å²) in [4.78, 5) is 13.0. The maximum absolute atomic E-state index is 13.0. The number of nitrogens with one attached hydrogen (secondary N) is 1. The zero-order valence-electron chi connectivity index (χ0n) is 15.4. The second-order valence-corrected chi connectivity index (χ2v) is 7.76. The van der Waals surface area contributed by atoms with Gasteiger partial charge in [0, 0.05) is 17.7 Å². The summed E-state index contributed by atoms with van der Waals surface area (Å²) in [5.74, 6) is 0.973. The van der Waals surface area contributed by atoms with E-state index in [2.05, 4.69) is 30.3 Å². The normalized spacial score (nSPS) is 20.4. The SMILES string of the molecule is COc1ccc([C@H]2C3=C(CC(C)(C)CC3=O)Nc3c(C#N)cnn32)cc1O.